The van der Waals surface area contributed by atoms with Gasteiger partial charge in [0.2, 0.25) is 0 Å². The number of benzene rings is 5. The van der Waals surface area contributed by atoms with Gasteiger partial charge in [0.25, 0.3) is 5.91 Å². The first-order valence-corrected chi connectivity index (χ1v) is 17.8. The first-order chi connectivity index (χ1) is 26.0. The molecule has 54 heavy (non-hydrogen) atoms. The van der Waals surface area contributed by atoms with Crippen molar-refractivity contribution in [1.82, 2.24) is 9.88 Å². The second-order valence-corrected chi connectivity index (χ2v) is 14.3. The number of nitrogens with one attached hydrogen (secondary N) is 4. The number of hydrogen-bond donors (Lipinski definition) is 4. The zero-order valence-corrected chi connectivity index (χ0v) is 30.9. The van der Waals surface area contributed by atoms with Gasteiger partial charge in [0.05, 0.1) is 44.4 Å². The fraction of sp³-hybridized carbons (Fsp3) is 0.233. The Kier molecular flexibility index (Phi) is 9.98. The van der Waals surface area contributed by atoms with Gasteiger partial charge in [-0.05, 0) is 52.3 Å². The summed E-state index contributed by atoms with van der Waals surface area (Å²) in [6.07, 6.45) is 0.599. The fourth-order valence-corrected chi connectivity index (χ4v) is 6.98. The van der Waals surface area contributed by atoms with E-state index in [0.29, 0.717) is 46.5 Å². The maximum atomic E-state index is 14.6. The minimum absolute atomic E-state index is 0.134. The van der Waals surface area contributed by atoms with Crippen LogP contribution in [0.15, 0.2) is 109 Å². The van der Waals surface area contributed by atoms with Gasteiger partial charge in [-0.3, -0.25) is 10.1 Å². The molecule has 2 unspecified atom stereocenters. The number of aromatic amines is 1. The molecule has 1 saturated heterocycles. The van der Waals surface area contributed by atoms with Crippen LogP contribution < -0.4 is 20.7 Å². The smallest absolute Gasteiger partial charge is 0.411 e. The number of urea groups is 1. The lowest BCUT2D eigenvalue weighted by Crippen LogP contribution is -2.43. The van der Waals surface area contributed by atoms with Gasteiger partial charge in [0, 0.05) is 33.6 Å². The molecule has 0 aliphatic carbocycles. The zero-order valence-electron chi connectivity index (χ0n) is 30.9. The van der Waals surface area contributed by atoms with Crippen molar-refractivity contribution in [3.8, 4) is 5.75 Å². The summed E-state index contributed by atoms with van der Waals surface area (Å²) in [5.74, 6) is 0.130. The van der Waals surface area contributed by atoms with Crippen LogP contribution in [0.3, 0.4) is 0 Å². The second kappa shape index (κ2) is 15.0. The summed E-state index contributed by atoms with van der Waals surface area (Å²) in [5, 5.41) is 11.0. The predicted molar refractivity (Wildman–Crippen MR) is 212 cm³/mol. The van der Waals surface area contributed by atoms with Crippen LogP contribution in [0, 0.1) is 0 Å². The molecule has 5 aromatic carbocycles. The van der Waals surface area contributed by atoms with Crippen molar-refractivity contribution in [3.63, 3.8) is 0 Å². The highest BCUT2D eigenvalue weighted by molar-refractivity contribution is 6.13. The molecule has 0 bridgehead atoms. The first-order valence-electron chi connectivity index (χ1n) is 17.8. The average molecular weight is 726 g/mol. The number of rotatable bonds is 7. The lowest BCUT2D eigenvalue weighted by atomic mass is 9.86. The molecule has 11 nitrogen and oxygen atoms in total. The Morgan fingerprint density at radius 1 is 0.741 bits per heavy atom. The number of methoxy groups -OCH3 is 2. The standard InChI is InChI=1S/C43H43N5O6/c1-43(2,3)27-21-35(39(52-4)36(22-27)47-42(51)53-5)46-41(50)45-34-20-19-31(28-15-9-10-16-29(28)34)40(49)48-24-37(26-13-7-6-8-14-26)54-38(25-48)32-23-44-33-18-12-11-17-30(32)33/h6-23,37-38,44H,24-25H2,1-5H3,(H,47,51)(H2,45,46,50). The van der Waals surface area contributed by atoms with Crippen LogP contribution in [0.1, 0.15) is 60.0 Å². The van der Waals surface area contributed by atoms with E-state index < -0.39 is 12.1 Å². The number of carbonyl (C=O) groups is 3. The summed E-state index contributed by atoms with van der Waals surface area (Å²) in [6.45, 7) is 6.81. The molecule has 276 valence electrons. The highest BCUT2D eigenvalue weighted by Crippen LogP contribution is 2.40. The Balaban J connectivity index is 1.18. The van der Waals surface area contributed by atoms with Gasteiger partial charge in [0.1, 0.15) is 12.2 Å². The number of anilines is 3. The highest BCUT2D eigenvalue weighted by atomic mass is 16.5. The molecule has 4 N–H and O–H groups in total. The van der Waals surface area contributed by atoms with E-state index in [1.807, 2.05) is 111 Å². The number of amides is 4. The molecule has 1 aliphatic heterocycles. The topological polar surface area (TPSA) is 134 Å². The molecule has 2 atom stereocenters. The Hall–Kier alpha value is -6.33. The van der Waals surface area contributed by atoms with E-state index in [2.05, 4.69) is 27.0 Å². The average Bonchev–Trinajstić information content (AvgIpc) is 3.62. The largest absolute Gasteiger partial charge is 0.492 e. The molecule has 0 saturated carbocycles. The van der Waals surface area contributed by atoms with Gasteiger partial charge >= 0.3 is 12.1 Å². The van der Waals surface area contributed by atoms with E-state index in [0.717, 1.165) is 27.6 Å². The van der Waals surface area contributed by atoms with Crippen molar-refractivity contribution in [2.24, 2.45) is 0 Å². The van der Waals surface area contributed by atoms with Gasteiger partial charge in [-0.15, -0.1) is 0 Å². The van der Waals surface area contributed by atoms with Crippen LogP contribution in [0.25, 0.3) is 21.7 Å². The maximum absolute atomic E-state index is 14.6. The van der Waals surface area contributed by atoms with E-state index in [4.69, 9.17) is 14.2 Å². The van der Waals surface area contributed by atoms with Gasteiger partial charge < -0.3 is 34.7 Å². The Bertz CT molecular complexity index is 2350. The highest BCUT2D eigenvalue weighted by Gasteiger charge is 2.34. The molecule has 0 radical (unpaired) electrons. The summed E-state index contributed by atoms with van der Waals surface area (Å²) >= 11 is 0. The number of fused-ring (bicyclic) bond motifs is 2. The van der Waals surface area contributed by atoms with Crippen LogP contribution in [0.4, 0.5) is 26.7 Å². The number of ether oxygens (including phenoxy) is 3. The Morgan fingerprint density at radius 3 is 2.07 bits per heavy atom. The van der Waals surface area contributed by atoms with E-state index in [1.165, 1.54) is 14.2 Å². The summed E-state index contributed by atoms with van der Waals surface area (Å²) in [6, 6.07) is 32.1. The molecule has 4 amide bonds. The van der Waals surface area contributed by atoms with Gasteiger partial charge in [-0.2, -0.15) is 0 Å². The molecule has 7 rings (SSSR count). The third kappa shape index (κ3) is 7.31. The predicted octanol–water partition coefficient (Wildman–Crippen LogP) is 9.40. The minimum atomic E-state index is -0.669. The Morgan fingerprint density at radius 2 is 1.37 bits per heavy atom. The number of nitrogens with zero attached hydrogens (tertiary/aromatic N) is 1. The third-order valence-electron chi connectivity index (χ3n) is 9.76. The molecule has 0 spiro atoms. The number of aromatic nitrogens is 1. The van der Waals surface area contributed by atoms with Crippen molar-refractivity contribution in [3.05, 3.63) is 132 Å². The minimum Gasteiger partial charge on any atom is -0.492 e. The lowest BCUT2D eigenvalue weighted by Gasteiger charge is -2.38. The Labute approximate surface area is 313 Å². The van der Waals surface area contributed by atoms with Crippen molar-refractivity contribution >= 4 is 56.8 Å². The molecular formula is C43H43N5O6. The van der Waals surface area contributed by atoms with Crippen molar-refractivity contribution in [2.75, 3.05) is 43.3 Å². The fourth-order valence-electron chi connectivity index (χ4n) is 6.98. The SMILES string of the molecule is COC(=O)Nc1cc(C(C)(C)C)cc(NC(=O)Nc2ccc(C(=O)N3CC(c4ccccc4)OC(c4c[nH]c5ccccc45)C3)c3ccccc23)c1OC. The van der Waals surface area contributed by atoms with E-state index in [-0.39, 0.29) is 29.3 Å². The quantitative estimate of drug-likeness (QED) is 0.130. The van der Waals surface area contributed by atoms with Crippen LogP contribution in [0.5, 0.6) is 5.75 Å². The molecule has 11 heteroatoms. The summed E-state index contributed by atoms with van der Waals surface area (Å²) < 4.78 is 17.2. The number of para-hydroxylation sites is 1. The summed E-state index contributed by atoms with van der Waals surface area (Å²) in [5.41, 5.74) is 5.27. The zero-order chi connectivity index (χ0) is 38.0. The van der Waals surface area contributed by atoms with Crippen molar-refractivity contribution in [1.29, 1.82) is 0 Å². The van der Waals surface area contributed by atoms with E-state index in [1.54, 1.807) is 18.2 Å². The number of H-pyrrole nitrogens is 1. The number of hydrogen-bond acceptors (Lipinski definition) is 6. The van der Waals surface area contributed by atoms with Gasteiger partial charge in [0.15, 0.2) is 5.75 Å². The first kappa shape index (κ1) is 36.0. The van der Waals surface area contributed by atoms with Crippen LogP contribution in [0.2, 0.25) is 0 Å². The maximum Gasteiger partial charge on any atom is 0.411 e. The van der Waals surface area contributed by atoms with Gasteiger partial charge in [-0.1, -0.05) is 93.6 Å². The molecular weight excluding hydrogens is 683 g/mol. The monoisotopic (exact) mass is 725 g/mol. The second-order valence-electron chi connectivity index (χ2n) is 14.3. The normalized spacial score (nSPS) is 15.8. The van der Waals surface area contributed by atoms with Crippen LogP contribution in [-0.2, 0) is 14.9 Å². The molecule has 6 aromatic rings. The van der Waals surface area contributed by atoms with E-state index in [9.17, 15) is 14.4 Å². The molecule has 1 aromatic heterocycles. The number of carbonyl (C=O) groups excluding carboxylic acids is 3. The van der Waals surface area contributed by atoms with Crippen molar-refractivity contribution < 1.29 is 28.6 Å². The van der Waals surface area contributed by atoms with Crippen molar-refractivity contribution in [2.45, 2.75) is 38.4 Å². The van der Waals surface area contributed by atoms with Gasteiger partial charge in [-0.25, -0.2) is 9.59 Å². The lowest BCUT2D eigenvalue weighted by molar-refractivity contribution is -0.0791. The molecule has 2 heterocycles. The number of morpholine rings is 1. The summed E-state index contributed by atoms with van der Waals surface area (Å²) in [7, 11) is 2.73. The van der Waals surface area contributed by atoms with Crippen LogP contribution in [-0.4, -0.2) is 55.2 Å². The third-order valence-corrected chi connectivity index (χ3v) is 9.76. The van der Waals surface area contributed by atoms with E-state index >= 15 is 0 Å². The van der Waals surface area contributed by atoms with Crippen LogP contribution >= 0.6 is 0 Å². The summed E-state index contributed by atoms with van der Waals surface area (Å²) in [4.78, 5) is 45.6. The molecule has 1 aliphatic rings. The molecule has 1 fully saturated rings.